The molecule has 1 saturated heterocycles. The van der Waals surface area contributed by atoms with Gasteiger partial charge in [0, 0.05) is 24.8 Å². The summed E-state index contributed by atoms with van der Waals surface area (Å²) in [4.78, 5) is 32.3. The Kier molecular flexibility index (Phi) is 5.10. The molecule has 4 rings (SSSR count). The number of nitrogens with zero attached hydrogens (tertiary/aromatic N) is 3. The Balaban J connectivity index is 1.72. The third-order valence-electron chi connectivity index (χ3n) is 5.16. The van der Waals surface area contributed by atoms with Crippen LogP contribution in [0.3, 0.4) is 0 Å². The molecule has 6 heteroatoms. The standard InChI is InChI=1S/C22H24N4O2/c1-2-13-23-21(27)19-17-11-6-7-14-25(17)20(24-19)18-12-8-15-26(18)22(28)16-9-4-3-5-10-16/h3-7,9-11,14,18H,2,8,12-13,15H2,1H3,(H,23,27). The molecule has 1 atom stereocenters. The highest BCUT2D eigenvalue weighted by molar-refractivity contribution is 5.99. The molecule has 0 saturated carbocycles. The average molecular weight is 376 g/mol. The summed E-state index contributed by atoms with van der Waals surface area (Å²) in [5, 5.41) is 2.91. The van der Waals surface area contributed by atoms with Crippen LogP contribution in [-0.2, 0) is 0 Å². The Hall–Kier alpha value is -3.15. The normalized spacial score (nSPS) is 16.5. The zero-order valence-electron chi connectivity index (χ0n) is 16.0. The molecule has 28 heavy (non-hydrogen) atoms. The van der Waals surface area contributed by atoms with E-state index in [0.29, 0.717) is 24.3 Å². The van der Waals surface area contributed by atoms with Crippen molar-refractivity contribution in [2.45, 2.75) is 32.2 Å². The molecule has 6 nitrogen and oxygen atoms in total. The van der Waals surface area contributed by atoms with Crippen LogP contribution in [0.25, 0.3) is 5.52 Å². The van der Waals surface area contributed by atoms with Crippen molar-refractivity contribution in [3.8, 4) is 0 Å². The molecule has 2 amide bonds. The molecular formula is C22H24N4O2. The SMILES string of the molecule is CCCNC(=O)c1nc(C2CCCN2C(=O)c2ccccc2)n2ccccc12. The minimum atomic E-state index is -0.171. The lowest BCUT2D eigenvalue weighted by molar-refractivity contribution is 0.0729. The van der Waals surface area contributed by atoms with Crippen molar-refractivity contribution >= 4 is 17.3 Å². The van der Waals surface area contributed by atoms with Gasteiger partial charge >= 0.3 is 0 Å². The van der Waals surface area contributed by atoms with E-state index in [1.807, 2.05) is 71.0 Å². The summed E-state index contributed by atoms with van der Waals surface area (Å²) < 4.78 is 1.95. The summed E-state index contributed by atoms with van der Waals surface area (Å²) >= 11 is 0. The number of carbonyl (C=O) groups is 2. The smallest absolute Gasteiger partial charge is 0.272 e. The number of likely N-dealkylation sites (tertiary alicyclic amines) is 1. The van der Waals surface area contributed by atoms with E-state index in [0.717, 1.165) is 30.6 Å². The Morgan fingerprint density at radius 2 is 1.93 bits per heavy atom. The van der Waals surface area contributed by atoms with E-state index in [9.17, 15) is 9.59 Å². The van der Waals surface area contributed by atoms with Gasteiger partial charge in [0.15, 0.2) is 5.69 Å². The number of pyridine rings is 1. The highest BCUT2D eigenvalue weighted by Crippen LogP contribution is 2.33. The minimum absolute atomic E-state index is 0.00719. The lowest BCUT2D eigenvalue weighted by Crippen LogP contribution is -2.31. The molecule has 0 radical (unpaired) electrons. The Morgan fingerprint density at radius 1 is 1.14 bits per heavy atom. The van der Waals surface area contributed by atoms with Crippen LogP contribution in [0.4, 0.5) is 0 Å². The van der Waals surface area contributed by atoms with Gasteiger partial charge in [-0.3, -0.25) is 9.59 Å². The second-order valence-corrected chi connectivity index (χ2v) is 7.05. The van der Waals surface area contributed by atoms with Gasteiger partial charge < -0.3 is 14.6 Å². The predicted octanol–water partition coefficient (Wildman–Crippen LogP) is 3.45. The molecule has 144 valence electrons. The highest BCUT2D eigenvalue weighted by Gasteiger charge is 2.34. The van der Waals surface area contributed by atoms with E-state index in [-0.39, 0.29) is 17.9 Å². The summed E-state index contributed by atoms with van der Waals surface area (Å²) in [5.74, 6) is 0.586. The number of fused-ring (bicyclic) bond motifs is 1. The number of aromatic nitrogens is 2. The summed E-state index contributed by atoms with van der Waals surface area (Å²) in [6.07, 6.45) is 4.54. The molecule has 1 fully saturated rings. The predicted molar refractivity (Wildman–Crippen MR) is 107 cm³/mol. The average Bonchev–Trinajstić information content (AvgIpc) is 3.37. The lowest BCUT2D eigenvalue weighted by Gasteiger charge is -2.24. The van der Waals surface area contributed by atoms with Gasteiger partial charge in [-0.2, -0.15) is 0 Å². The van der Waals surface area contributed by atoms with Gasteiger partial charge in [0.1, 0.15) is 5.82 Å². The maximum atomic E-state index is 13.1. The first-order valence-electron chi connectivity index (χ1n) is 9.82. The van der Waals surface area contributed by atoms with Gasteiger partial charge in [-0.1, -0.05) is 31.2 Å². The quantitative estimate of drug-likeness (QED) is 0.742. The second-order valence-electron chi connectivity index (χ2n) is 7.05. The highest BCUT2D eigenvalue weighted by atomic mass is 16.2. The molecule has 1 unspecified atom stereocenters. The van der Waals surface area contributed by atoms with E-state index in [1.54, 1.807) is 0 Å². The number of hydrogen-bond acceptors (Lipinski definition) is 3. The Bertz CT molecular complexity index is 996. The van der Waals surface area contributed by atoms with Crippen molar-refractivity contribution in [1.29, 1.82) is 0 Å². The molecule has 0 bridgehead atoms. The molecule has 0 spiro atoms. The molecule has 1 aliphatic rings. The molecule has 3 heterocycles. The van der Waals surface area contributed by atoms with E-state index >= 15 is 0 Å². The summed E-state index contributed by atoms with van der Waals surface area (Å²) in [6.45, 7) is 3.32. The van der Waals surface area contributed by atoms with Crippen LogP contribution in [0.2, 0.25) is 0 Å². The number of amides is 2. The fourth-order valence-corrected chi connectivity index (χ4v) is 3.81. The zero-order valence-corrected chi connectivity index (χ0v) is 16.0. The van der Waals surface area contributed by atoms with E-state index < -0.39 is 0 Å². The monoisotopic (exact) mass is 376 g/mol. The molecule has 0 aliphatic carbocycles. The maximum absolute atomic E-state index is 13.1. The number of imidazole rings is 1. The van der Waals surface area contributed by atoms with Crippen LogP contribution in [0.15, 0.2) is 54.7 Å². The fraction of sp³-hybridized carbons (Fsp3) is 0.318. The first-order chi connectivity index (χ1) is 13.7. The largest absolute Gasteiger partial charge is 0.351 e. The van der Waals surface area contributed by atoms with Crippen molar-refractivity contribution in [3.63, 3.8) is 0 Å². The van der Waals surface area contributed by atoms with Gasteiger partial charge in [0.25, 0.3) is 11.8 Å². The number of nitrogens with one attached hydrogen (secondary N) is 1. The van der Waals surface area contributed by atoms with Gasteiger partial charge in [-0.05, 0) is 43.5 Å². The van der Waals surface area contributed by atoms with Crippen molar-refractivity contribution in [3.05, 3.63) is 71.8 Å². The molecule has 1 N–H and O–H groups in total. The minimum Gasteiger partial charge on any atom is -0.351 e. The van der Waals surface area contributed by atoms with Crippen LogP contribution >= 0.6 is 0 Å². The van der Waals surface area contributed by atoms with Gasteiger partial charge in [0.2, 0.25) is 0 Å². The molecular weight excluding hydrogens is 352 g/mol. The van der Waals surface area contributed by atoms with Gasteiger partial charge in [-0.15, -0.1) is 0 Å². The van der Waals surface area contributed by atoms with E-state index in [1.165, 1.54) is 0 Å². The first kappa shape index (κ1) is 18.2. The Morgan fingerprint density at radius 3 is 2.71 bits per heavy atom. The second kappa shape index (κ2) is 7.84. The van der Waals surface area contributed by atoms with Crippen molar-refractivity contribution in [1.82, 2.24) is 19.6 Å². The first-order valence-corrected chi connectivity index (χ1v) is 9.82. The number of rotatable bonds is 5. The third kappa shape index (κ3) is 3.26. The van der Waals surface area contributed by atoms with Gasteiger partial charge in [-0.25, -0.2) is 4.98 Å². The van der Waals surface area contributed by atoms with Crippen molar-refractivity contribution < 1.29 is 9.59 Å². The summed E-state index contributed by atoms with van der Waals surface area (Å²) in [6, 6.07) is 14.9. The van der Waals surface area contributed by atoms with E-state index in [4.69, 9.17) is 4.98 Å². The molecule has 1 aromatic carbocycles. The number of carbonyl (C=O) groups excluding carboxylic acids is 2. The van der Waals surface area contributed by atoms with E-state index in [2.05, 4.69) is 5.32 Å². The summed E-state index contributed by atoms with van der Waals surface area (Å²) in [7, 11) is 0. The lowest BCUT2D eigenvalue weighted by atomic mass is 10.1. The molecule has 1 aliphatic heterocycles. The van der Waals surface area contributed by atoms with Crippen LogP contribution in [0.1, 0.15) is 58.9 Å². The van der Waals surface area contributed by atoms with Crippen LogP contribution in [0, 0.1) is 0 Å². The number of benzene rings is 1. The number of hydrogen-bond donors (Lipinski definition) is 1. The third-order valence-corrected chi connectivity index (χ3v) is 5.16. The maximum Gasteiger partial charge on any atom is 0.272 e. The van der Waals surface area contributed by atoms with Crippen LogP contribution in [-0.4, -0.2) is 39.2 Å². The molecule has 3 aromatic rings. The zero-order chi connectivity index (χ0) is 19.5. The topological polar surface area (TPSA) is 66.7 Å². The van der Waals surface area contributed by atoms with Crippen molar-refractivity contribution in [2.24, 2.45) is 0 Å². The van der Waals surface area contributed by atoms with Crippen molar-refractivity contribution in [2.75, 3.05) is 13.1 Å². The van der Waals surface area contributed by atoms with Crippen LogP contribution in [0.5, 0.6) is 0 Å². The van der Waals surface area contributed by atoms with Crippen LogP contribution < -0.4 is 5.32 Å². The fourth-order valence-electron chi connectivity index (χ4n) is 3.81. The Labute approximate surface area is 164 Å². The van der Waals surface area contributed by atoms with Gasteiger partial charge in [0.05, 0.1) is 11.6 Å². The molecule has 2 aromatic heterocycles. The summed E-state index contributed by atoms with van der Waals surface area (Å²) in [5.41, 5.74) is 1.87.